The molecular formula is C22H27NO. The van der Waals surface area contributed by atoms with Crippen LogP contribution in [0.5, 0.6) is 5.75 Å². The molecule has 1 heterocycles. The molecule has 1 aliphatic heterocycles. The maximum atomic E-state index is 5.76. The third-order valence-electron chi connectivity index (χ3n) is 5.67. The van der Waals surface area contributed by atoms with Crippen LogP contribution in [0.1, 0.15) is 47.9 Å². The molecule has 24 heavy (non-hydrogen) atoms. The Morgan fingerprint density at radius 1 is 0.958 bits per heavy atom. The lowest BCUT2D eigenvalue weighted by Gasteiger charge is -2.32. The van der Waals surface area contributed by atoms with Crippen molar-refractivity contribution in [2.24, 2.45) is 5.92 Å². The van der Waals surface area contributed by atoms with Gasteiger partial charge in [0.05, 0.1) is 6.61 Å². The Hall–Kier alpha value is -1.80. The highest BCUT2D eigenvalue weighted by molar-refractivity contribution is 5.48. The summed E-state index contributed by atoms with van der Waals surface area (Å²) < 4.78 is 5.76. The Labute approximate surface area is 145 Å². The quantitative estimate of drug-likeness (QED) is 0.909. The van der Waals surface area contributed by atoms with Crippen molar-refractivity contribution in [3.05, 3.63) is 64.7 Å². The fourth-order valence-electron chi connectivity index (χ4n) is 4.55. The first-order valence-electron chi connectivity index (χ1n) is 9.41. The van der Waals surface area contributed by atoms with Gasteiger partial charge in [0.15, 0.2) is 0 Å². The second-order valence-electron chi connectivity index (χ2n) is 7.06. The fourth-order valence-corrected chi connectivity index (χ4v) is 4.55. The number of aryl methyl sites for hydroxylation is 2. The van der Waals surface area contributed by atoms with Gasteiger partial charge in [-0.25, -0.2) is 0 Å². The van der Waals surface area contributed by atoms with Crippen LogP contribution in [-0.4, -0.2) is 19.7 Å². The third-order valence-corrected chi connectivity index (χ3v) is 5.67. The molecule has 2 aliphatic rings. The van der Waals surface area contributed by atoms with E-state index in [0.29, 0.717) is 5.92 Å². The predicted molar refractivity (Wildman–Crippen MR) is 98.9 cm³/mol. The van der Waals surface area contributed by atoms with Crippen LogP contribution in [0.2, 0.25) is 0 Å². The first kappa shape index (κ1) is 15.7. The van der Waals surface area contributed by atoms with Crippen molar-refractivity contribution in [1.29, 1.82) is 0 Å². The normalized spacial score (nSPS) is 20.8. The Morgan fingerprint density at radius 2 is 1.71 bits per heavy atom. The Balaban J connectivity index is 1.80. The van der Waals surface area contributed by atoms with Gasteiger partial charge in [0.2, 0.25) is 0 Å². The van der Waals surface area contributed by atoms with Crippen molar-refractivity contribution < 1.29 is 4.74 Å². The molecule has 1 atom stereocenters. The van der Waals surface area contributed by atoms with E-state index in [1.807, 2.05) is 0 Å². The number of benzene rings is 2. The first-order valence-corrected chi connectivity index (χ1v) is 9.41. The third kappa shape index (κ3) is 2.95. The highest BCUT2D eigenvalue weighted by Crippen LogP contribution is 2.43. The molecule has 0 spiro atoms. The molecule has 2 heteroatoms. The van der Waals surface area contributed by atoms with Gasteiger partial charge in [-0.15, -0.1) is 0 Å². The molecule has 0 saturated carbocycles. The number of hydrogen-bond donors (Lipinski definition) is 1. The van der Waals surface area contributed by atoms with E-state index < -0.39 is 0 Å². The molecule has 126 valence electrons. The molecule has 0 radical (unpaired) electrons. The molecule has 0 aromatic heterocycles. The summed E-state index contributed by atoms with van der Waals surface area (Å²) >= 11 is 0. The lowest BCUT2D eigenvalue weighted by molar-refractivity contribution is 0.336. The molecule has 2 aromatic carbocycles. The number of hydrogen-bond acceptors (Lipinski definition) is 2. The van der Waals surface area contributed by atoms with Crippen LogP contribution in [0.25, 0.3) is 0 Å². The van der Waals surface area contributed by atoms with Crippen molar-refractivity contribution >= 4 is 0 Å². The minimum absolute atomic E-state index is 0.538. The van der Waals surface area contributed by atoms with Crippen LogP contribution in [-0.2, 0) is 12.8 Å². The molecule has 1 saturated heterocycles. The molecule has 1 fully saturated rings. The van der Waals surface area contributed by atoms with Gasteiger partial charge in [0, 0.05) is 5.92 Å². The highest BCUT2D eigenvalue weighted by Gasteiger charge is 2.31. The molecule has 1 N–H and O–H groups in total. The van der Waals surface area contributed by atoms with Crippen molar-refractivity contribution in [3.63, 3.8) is 0 Å². The number of nitrogens with one attached hydrogen (secondary N) is 1. The topological polar surface area (TPSA) is 21.3 Å². The first-order chi connectivity index (χ1) is 11.9. The van der Waals surface area contributed by atoms with E-state index in [2.05, 4.69) is 54.7 Å². The van der Waals surface area contributed by atoms with Gasteiger partial charge >= 0.3 is 0 Å². The largest absolute Gasteiger partial charge is 0.494 e. The van der Waals surface area contributed by atoms with Crippen LogP contribution in [0, 0.1) is 5.92 Å². The van der Waals surface area contributed by atoms with E-state index in [1.165, 1.54) is 29.5 Å². The van der Waals surface area contributed by atoms with Crippen molar-refractivity contribution in [2.45, 2.75) is 38.5 Å². The second kappa shape index (κ2) is 6.98. The van der Waals surface area contributed by atoms with E-state index in [4.69, 9.17) is 4.74 Å². The number of fused-ring (bicyclic) bond motifs is 2. The van der Waals surface area contributed by atoms with Crippen LogP contribution in [0.15, 0.2) is 42.5 Å². The summed E-state index contributed by atoms with van der Waals surface area (Å²) in [5.74, 6) is 2.30. The van der Waals surface area contributed by atoms with Gasteiger partial charge < -0.3 is 10.1 Å². The van der Waals surface area contributed by atoms with Crippen LogP contribution in [0.3, 0.4) is 0 Å². The second-order valence-corrected chi connectivity index (χ2v) is 7.06. The van der Waals surface area contributed by atoms with Crippen LogP contribution < -0.4 is 10.1 Å². The summed E-state index contributed by atoms with van der Waals surface area (Å²) in [5.41, 5.74) is 6.12. The van der Waals surface area contributed by atoms with Gasteiger partial charge in [-0.05, 0) is 86.0 Å². The van der Waals surface area contributed by atoms with Crippen molar-refractivity contribution in [3.8, 4) is 5.75 Å². The standard InChI is InChI=1S/C22H27NO/c1-2-24-19-9-10-21-18(15-19)8-7-16-5-3-4-6-20(16)22(21)17-11-13-23-14-12-17/h3-6,9-10,15,17,22-23H,2,7-8,11-14H2,1H3. The van der Waals surface area contributed by atoms with E-state index in [-0.39, 0.29) is 0 Å². The van der Waals surface area contributed by atoms with E-state index in [0.717, 1.165) is 44.2 Å². The average molecular weight is 321 g/mol. The van der Waals surface area contributed by atoms with Gasteiger partial charge in [-0.1, -0.05) is 30.3 Å². The lowest BCUT2D eigenvalue weighted by Crippen LogP contribution is -2.31. The summed E-state index contributed by atoms with van der Waals surface area (Å²) in [6.07, 6.45) is 4.80. The lowest BCUT2D eigenvalue weighted by atomic mass is 9.75. The maximum absolute atomic E-state index is 5.76. The number of piperidine rings is 1. The monoisotopic (exact) mass is 321 g/mol. The summed E-state index contributed by atoms with van der Waals surface area (Å²) in [7, 11) is 0. The number of rotatable bonds is 3. The van der Waals surface area contributed by atoms with Gasteiger partial charge in [-0.3, -0.25) is 0 Å². The van der Waals surface area contributed by atoms with Crippen LogP contribution >= 0.6 is 0 Å². The van der Waals surface area contributed by atoms with E-state index in [1.54, 1.807) is 5.56 Å². The SMILES string of the molecule is CCOc1ccc2c(c1)CCc1ccccc1C2C1CCNCC1. The number of ether oxygens (including phenoxy) is 1. The van der Waals surface area contributed by atoms with E-state index >= 15 is 0 Å². The average Bonchev–Trinajstić information content (AvgIpc) is 2.79. The fraction of sp³-hybridized carbons (Fsp3) is 0.455. The zero-order valence-electron chi connectivity index (χ0n) is 14.6. The molecule has 1 aliphatic carbocycles. The summed E-state index contributed by atoms with van der Waals surface area (Å²) in [4.78, 5) is 0. The maximum Gasteiger partial charge on any atom is 0.119 e. The summed E-state index contributed by atoms with van der Waals surface area (Å²) in [5, 5.41) is 3.52. The zero-order chi connectivity index (χ0) is 16.4. The van der Waals surface area contributed by atoms with E-state index in [9.17, 15) is 0 Å². The molecule has 0 amide bonds. The Bertz CT molecular complexity index is 703. The zero-order valence-corrected chi connectivity index (χ0v) is 14.6. The van der Waals surface area contributed by atoms with Gasteiger partial charge in [-0.2, -0.15) is 0 Å². The Kier molecular flexibility index (Phi) is 4.57. The summed E-state index contributed by atoms with van der Waals surface area (Å²) in [6.45, 7) is 5.08. The molecule has 2 nitrogen and oxygen atoms in total. The highest BCUT2D eigenvalue weighted by atomic mass is 16.5. The van der Waals surface area contributed by atoms with Gasteiger partial charge in [0.1, 0.15) is 5.75 Å². The molecule has 0 bridgehead atoms. The molecule has 1 unspecified atom stereocenters. The summed E-state index contributed by atoms with van der Waals surface area (Å²) in [6, 6.07) is 15.9. The van der Waals surface area contributed by atoms with Gasteiger partial charge in [0.25, 0.3) is 0 Å². The molecule has 4 rings (SSSR count). The smallest absolute Gasteiger partial charge is 0.119 e. The predicted octanol–water partition coefficient (Wildman–Crippen LogP) is 4.32. The molecule has 2 aromatic rings. The molecular weight excluding hydrogens is 294 g/mol. The van der Waals surface area contributed by atoms with Crippen molar-refractivity contribution in [1.82, 2.24) is 5.32 Å². The minimum atomic E-state index is 0.538. The van der Waals surface area contributed by atoms with Crippen LogP contribution in [0.4, 0.5) is 0 Å². The minimum Gasteiger partial charge on any atom is -0.494 e. The Morgan fingerprint density at radius 3 is 2.54 bits per heavy atom. The van der Waals surface area contributed by atoms with Crippen molar-refractivity contribution in [2.75, 3.05) is 19.7 Å².